The van der Waals surface area contributed by atoms with Crippen molar-refractivity contribution in [3.05, 3.63) is 43.8 Å². The van der Waals surface area contributed by atoms with Crippen LogP contribution in [0.2, 0.25) is 0 Å². The van der Waals surface area contributed by atoms with Crippen LogP contribution >= 0.6 is 11.8 Å². The number of carbonyl (C=O) groups excluding carboxylic acids is 1. The van der Waals surface area contributed by atoms with Crippen molar-refractivity contribution in [2.75, 3.05) is 6.54 Å². The van der Waals surface area contributed by atoms with Gasteiger partial charge in [-0.1, -0.05) is 45.7 Å². The highest BCUT2D eigenvalue weighted by molar-refractivity contribution is 8.07. The first-order valence-corrected chi connectivity index (χ1v) is 8.46. The van der Waals surface area contributed by atoms with E-state index in [1.165, 1.54) is 27.2 Å². The van der Waals surface area contributed by atoms with Gasteiger partial charge in [0.15, 0.2) is 0 Å². The van der Waals surface area contributed by atoms with Gasteiger partial charge in [-0.25, -0.2) is 0 Å². The Morgan fingerprint density at radius 2 is 1.45 bits per heavy atom. The number of hydrogen-bond acceptors (Lipinski definition) is 2. The van der Waals surface area contributed by atoms with Gasteiger partial charge in [-0.05, 0) is 67.2 Å². The van der Waals surface area contributed by atoms with Crippen molar-refractivity contribution >= 4 is 17.7 Å². The molecule has 1 N–H and O–H groups in total. The quantitative estimate of drug-likeness (QED) is 0.499. The van der Waals surface area contributed by atoms with Gasteiger partial charge in [0.1, 0.15) is 0 Å². The molecule has 0 radical (unpaired) electrons. The van der Waals surface area contributed by atoms with Crippen LogP contribution in [0.5, 0.6) is 0 Å². The highest BCUT2D eigenvalue weighted by Crippen LogP contribution is 2.29. The van der Waals surface area contributed by atoms with Crippen LogP contribution in [0.3, 0.4) is 0 Å². The van der Waals surface area contributed by atoms with Gasteiger partial charge in [0.2, 0.25) is 0 Å². The number of allylic oxidation sites excluding steroid dienone is 6. The van der Waals surface area contributed by atoms with Gasteiger partial charge >= 0.3 is 0 Å². The molecule has 0 saturated carbocycles. The van der Waals surface area contributed by atoms with Crippen molar-refractivity contribution in [2.24, 2.45) is 0 Å². The number of hydrogen-bond donors (Lipinski definition) is 1. The summed E-state index contributed by atoms with van der Waals surface area (Å²) >= 11 is 1.56. The second-order valence-electron chi connectivity index (χ2n) is 6.36. The molecule has 0 aromatic rings. The maximum Gasteiger partial charge on any atom is 0.258 e. The molecule has 0 rings (SSSR count). The molecule has 124 valence electrons. The summed E-state index contributed by atoms with van der Waals surface area (Å²) in [5, 5.41) is 3.03. The van der Waals surface area contributed by atoms with Crippen molar-refractivity contribution < 1.29 is 4.79 Å². The molecule has 0 unspecified atom stereocenters. The molecular weight excluding hydrogens is 290 g/mol. The van der Waals surface area contributed by atoms with Crippen molar-refractivity contribution in [2.45, 2.75) is 62.3 Å². The Morgan fingerprint density at radius 3 is 1.86 bits per heavy atom. The van der Waals surface area contributed by atoms with E-state index in [0.29, 0.717) is 6.54 Å². The van der Waals surface area contributed by atoms with Gasteiger partial charge in [-0.2, -0.15) is 0 Å². The fourth-order valence-electron chi connectivity index (χ4n) is 1.62. The highest BCUT2D eigenvalue weighted by Gasteiger charge is 2.13. The first-order chi connectivity index (χ1) is 10.1. The molecule has 0 aromatic heterocycles. The summed E-state index contributed by atoms with van der Waals surface area (Å²) in [4.78, 5) is 14.4. The Hall–Kier alpha value is -1.22. The summed E-state index contributed by atoms with van der Waals surface area (Å²) < 4.78 is 0. The van der Waals surface area contributed by atoms with E-state index in [1.807, 2.05) is 13.8 Å². The monoisotopic (exact) mass is 321 g/mol. The molecule has 0 fully saturated rings. The lowest BCUT2D eigenvalue weighted by molar-refractivity contribution is -0.116. The molecule has 0 atom stereocenters. The second-order valence-corrected chi connectivity index (χ2v) is 7.58. The summed E-state index contributed by atoms with van der Waals surface area (Å²) in [6, 6.07) is 0. The van der Waals surface area contributed by atoms with Gasteiger partial charge < -0.3 is 5.32 Å². The fraction of sp³-hybridized carbons (Fsp3) is 0.526. The third-order valence-corrected chi connectivity index (χ3v) is 4.82. The first-order valence-electron chi connectivity index (χ1n) is 7.65. The van der Waals surface area contributed by atoms with E-state index < -0.39 is 0 Å². The molecule has 0 aliphatic heterocycles. The van der Waals surface area contributed by atoms with E-state index in [2.05, 4.69) is 59.9 Å². The molecule has 0 aliphatic carbocycles. The minimum Gasteiger partial charge on any atom is -0.348 e. The predicted molar refractivity (Wildman–Crippen MR) is 101 cm³/mol. The van der Waals surface area contributed by atoms with Gasteiger partial charge in [0, 0.05) is 6.54 Å². The van der Waals surface area contributed by atoms with E-state index in [4.69, 9.17) is 0 Å². The zero-order valence-electron chi connectivity index (χ0n) is 15.6. The SMILES string of the molecule is CC(C)=C/C(C)=C(\C)CNC(=O)C(SC(C)=C(C)C)=C(C)C. The van der Waals surface area contributed by atoms with Gasteiger partial charge in [0.05, 0.1) is 4.91 Å². The smallest absolute Gasteiger partial charge is 0.258 e. The maximum absolute atomic E-state index is 12.4. The summed E-state index contributed by atoms with van der Waals surface area (Å²) in [6.45, 7) is 19.0. The van der Waals surface area contributed by atoms with Crippen LogP contribution in [0.4, 0.5) is 0 Å². The topological polar surface area (TPSA) is 29.1 Å². The van der Waals surface area contributed by atoms with E-state index in [1.54, 1.807) is 11.8 Å². The zero-order chi connectivity index (χ0) is 17.4. The van der Waals surface area contributed by atoms with Crippen molar-refractivity contribution in [3.63, 3.8) is 0 Å². The lowest BCUT2D eigenvalue weighted by Gasteiger charge is -2.13. The summed E-state index contributed by atoms with van der Waals surface area (Å²) in [6.07, 6.45) is 2.14. The standard InChI is InChI=1S/C19H31NOS/c1-12(2)10-15(7)16(8)11-20-19(21)18(14(5)6)22-17(9)13(3)4/h10H,11H2,1-9H3,(H,20,21)/b16-15+. The van der Waals surface area contributed by atoms with Crippen molar-refractivity contribution in [3.8, 4) is 0 Å². The molecule has 0 bridgehead atoms. The molecule has 1 amide bonds. The Morgan fingerprint density at radius 1 is 0.909 bits per heavy atom. The molecule has 0 aliphatic rings. The predicted octanol–water partition coefficient (Wildman–Crippen LogP) is 5.75. The summed E-state index contributed by atoms with van der Waals surface area (Å²) in [7, 11) is 0. The van der Waals surface area contributed by atoms with Crippen LogP contribution in [0.1, 0.15) is 62.3 Å². The summed E-state index contributed by atoms with van der Waals surface area (Å²) in [5.74, 6) is 0.00921. The second kappa shape index (κ2) is 9.73. The Kier molecular flexibility index (Phi) is 9.19. The van der Waals surface area contributed by atoms with Gasteiger partial charge in [-0.15, -0.1) is 0 Å². The molecule has 2 nitrogen and oxygen atoms in total. The van der Waals surface area contributed by atoms with Crippen LogP contribution < -0.4 is 5.32 Å². The fourth-order valence-corrected chi connectivity index (χ4v) is 2.50. The number of thioether (sulfide) groups is 1. The first kappa shape index (κ1) is 20.8. The highest BCUT2D eigenvalue weighted by atomic mass is 32.2. The summed E-state index contributed by atoms with van der Waals surface area (Å²) in [5.41, 5.74) is 5.96. The van der Waals surface area contributed by atoms with Crippen LogP contribution in [-0.4, -0.2) is 12.5 Å². The zero-order valence-corrected chi connectivity index (χ0v) is 16.4. The average molecular weight is 322 g/mol. The number of rotatable bonds is 6. The van der Waals surface area contributed by atoms with Gasteiger partial charge in [0.25, 0.3) is 5.91 Å². The van der Waals surface area contributed by atoms with Crippen LogP contribution in [0.15, 0.2) is 43.8 Å². The molecule has 0 saturated heterocycles. The van der Waals surface area contributed by atoms with Crippen molar-refractivity contribution in [1.29, 1.82) is 0 Å². The van der Waals surface area contributed by atoms with Gasteiger partial charge in [-0.3, -0.25) is 4.79 Å². The number of nitrogens with one attached hydrogen (secondary N) is 1. The Bertz CT molecular complexity index is 536. The Labute approximate surface area is 140 Å². The van der Waals surface area contributed by atoms with Crippen LogP contribution in [0.25, 0.3) is 0 Å². The minimum absolute atomic E-state index is 0.00921. The van der Waals surface area contributed by atoms with E-state index in [0.717, 1.165) is 10.5 Å². The average Bonchev–Trinajstić information content (AvgIpc) is 2.39. The third-order valence-electron chi connectivity index (χ3n) is 3.31. The number of amides is 1. The largest absolute Gasteiger partial charge is 0.348 e. The maximum atomic E-state index is 12.4. The van der Waals surface area contributed by atoms with E-state index in [-0.39, 0.29) is 5.91 Å². The van der Waals surface area contributed by atoms with E-state index in [9.17, 15) is 4.79 Å². The number of carbonyl (C=O) groups is 1. The molecule has 0 heterocycles. The third kappa shape index (κ3) is 7.69. The molecule has 0 aromatic carbocycles. The molecular formula is C19H31NOS. The van der Waals surface area contributed by atoms with Crippen LogP contribution in [0, 0.1) is 0 Å². The van der Waals surface area contributed by atoms with E-state index >= 15 is 0 Å². The van der Waals surface area contributed by atoms with Crippen LogP contribution in [-0.2, 0) is 4.79 Å². The normalized spacial score (nSPS) is 11.3. The lowest BCUT2D eigenvalue weighted by Crippen LogP contribution is -2.26. The molecule has 3 heteroatoms. The molecule has 22 heavy (non-hydrogen) atoms. The Balaban J connectivity index is 5.01. The van der Waals surface area contributed by atoms with Crippen molar-refractivity contribution in [1.82, 2.24) is 5.32 Å². The minimum atomic E-state index is 0.00921. The lowest BCUT2D eigenvalue weighted by atomic mass is 10.1. The molecule has 0 spiro atoms.